The number of hydrogen-bond donors (Lipinski definition) is 1. The molecule has 0 saturated carbocycles. The highest BCUT2D eigenvalue weighted by Crippen LogP contribution is 2.43. The fraction of sp³-hybridized carbons (Fsp3) is 0.625. The molecule has 1 aliphatic heterocycles. The Kier molecular flexibility index (Phi) is 5.70. The van der Waals surface area contributed by atoms with E-state index in [2.05, 4.69) is 5.32 Å². The van der Waals surface area contributed by atoms with Gasteiger partial charge in [0.15, 0.2) is 11.5 Å². The van der Waals surface area contributed by atoms with Gasteiger partial charge in [-0.3, -0.25) is 0 Å². The van der Waals surface area contributed by atoms with Crippen molar-refractivity contribution in [1.29, 1.82) is 0 Å². The van der Waals surface area contributed by atoms with E-state index in [0.29, 0.717) is 23.4 Å². The van der Waals surface area contributed by atoms with Crippen molar-refractivity contribution >= 4 is 0 Å². The molecule has 1 aliphatic rings. The van der Waals surface area contributed by atoms with Gasteiger partial charge in [0, 0.05) is 18.2 Å². The van der Waals surface area contributed by atoms with E-state index in [9.17, 15) is 0 Å². The van der Waals surface area contributed by atoms with Gasteiger partial charge in [-0.05, 0) is 38.4 Å². The zero-order valence-corrected chi connectivity index (χ0v) is 13.3. The predicted octanol–water partition coefficient (Wildman–Crippen LogP) is 2.54. The topological polar surface area (TPSA) is 49.0 Å². The monoisotopic (exact) mass is 295 g/mol. The van der Waals surface area contributed by atoms with Crippen LogP contribution in [0, 0.1) is 0 Å². The summed E-state index contributed by atoms with van der Waals surface area (Å²) in [5, 5.41) is 3.35. The molecule has 0 amide bonds. The van der Waals surface area contributed by atoms with E-state index < -0.39 is 0 Å². The summed E-state index contributed by atoms with van der Waals surface area (Å²) in [4.78, 5) is 0. The lowest BCUT2D eigenvalue weighted by molar-refractivity contribution is 0.0950. The molecule has 118 valence electrons. The van der Waals surface area contributed by atoms with E-state index in [4.69, 9.17) is 18.9 Å². The molecule has 1 aromatic carbocycles. The van der Waals surface area contributed by atoms with E-state index in [0.717, 1.165) is 31.4 Å². The van der Waals surface area contributed by atoms with Crippen LogP contribution in [0.1, 0.15) is 30.9 Å². The minimum absolute atomic E-state index is 0.155. The smallest absolute Gasteiger partial charge is 0.203 e. The van der Waals surface area contributed by atoms with Crippen LogP contribution in [0.4, 0.5) is 0 Å². The highest BCUT2D eigenvalue weighted by molar-refractivity contribution is 5.56. The van der Waals surface area contributed by atoms with Gasteiger partial charge in [0.2, 0.25) is 5.75 Å². The molecule has 1 aromatic rings. The lowest BCUT2D eigenvalue weighted by Crippen LogP contribution is -2.22. The first-order valence-corrected chi connectivity index (χ1v) is 7.32. The molecule has 1 heterocycles. The Morgan fingerprint density at radius 3 is 2.48 bits per heavy atom. The summed E-state index contributed by atoms with van der Waals surface area (Å²) >= 11 is 0. The van der Waals surface area contributed by atoms with Gasteiger partial charge in [0.1, 0.15) is 0 Å². The molecule has 1 fully saturated rings. The van der Waals surface area contributed by atoms with Gasteiger partial charge in [-0.15, -0.1) is 0 Å². The van der Waals surface area contributed by atoms with Crippen LogP contribution < -0.4 is 19.5 Å². The summed E-state index contributed by atoms with van der Waals surface area (Å²) in [6.07, 6.45) is 3.49. The Balaban J connectivity index is 2.30. The number of nitrogens with one attached hydrogen (secondary N) is 1. The number of methoxy groups -OCH3 is 3. The average molecular weight is 295 g/mol. The average Bonchev–Trinajstić information content (AvgIpc) is 3.04. The zero-order valence-electron chi connectivity index (χ0n) is 13.3. The van der Waals surface area contributed by atoms with Crippen LogP contribution in [0.5, 0.6) is 17.2 Å². The van der Waals surface area contributed by atoms with Crippen LogP contribution >= 0.6 is 0 Å². The van der Waals surface area contributed by atoms with Crippen molar-refractivity contribution in [3.8, 4) is 17.2 Å². The fourth-order valence-corrected chi connectivity index (χ4v) is 2.89. The summed E-state index contributed by atoms with van der Waals surface area (Å²) in [6.45, 7) is 0.865. The molecule has 21 heavy (non-hydrogen) atoms. The third-order valence-corrected chi connectivity index (χ3v) is 3.98. The van der Waals surface area contributed by atoms with E-state index >= 15 is 0 Å². The third-order valence-electron chi connectivity index (χ3n) is 3.98. The van der Waals surface area contributed by atoms with Crippen molar-refractivity contribution in [2.45, 2.75) is 31.4 Å². The van der Waals surface area contributed by atoms with Gasteiger partial charge >= 0.3 is 0 Å². The largest absolute Gasteiger partial charge is 0.493 e. The first kappa shape index (κ1) is 15.9. The molecule has 0 aliphatic carbocycles. The first-order chi connectivity index (χ1) is 10.2. The highest BCUT2D eigenvalue weighted by atomic mass is 16.5. The van der Waals surface area contributed by atoms with Gasteiger partial charge in [0.25, 0.3) is 0 Å². The lowest BCUT2D eigenvalue weighted by atomic mass is 9.98. The van der Waals surface area contributed by atoms with Crippen molar-refractivity contribution in [2.24, 2.45) is 0 Å². The minimum Gasteiger partial charge on any atom is -0.493 e. The quantitative estimate of drug-likeness (QED) is 0.837. The molecule has 5 heteroatoms. The standard InChI is InChI=1S/C16H25NO4/c1-17-13(10-11-6-5-9-21-11)12-7-8-14(18-2)16(20-4)15(12)19-3/h7-8,11,13,17H,5-6,9-10H2,1-4H3. The molecular formula is C16H25NO4. The van der Waals surface area contributed by atoms with E-state index in [1.165, 1.54) is 0 Å². The minimum atomic E-state index is 0.155. The summed E-state index contributed by atoms with van der Waals surface area (Å²) < 4.78 is 22.1. The second kappa shape index (κ2) is 7.52. The molecule has 0 radical (unpaired) electrons. The first-order valence-electron chi connectivity index (χ1n) is 7.32. The molecule has 2 atom stereocenters. The van der Waals surface area contributed by atoms with Crippen LogP contribution in [0.2, 0.25) is 0 Å². The summed E-state index contributed by atoms with van der Waals surface area (Å²) in [7, 11) is 6.85. The van der Waals surface area contributed by atoms with E-state index in [-0.39, 0.29) is 6.04 Å². The highest BCUT2D eigenvalue weighted by Gasteiger charge is 2.25. The molecule has 0 spiro atoms. The van der Waals surface area contributed by atoms with Crippen LogP contribution in [0.3, 0.4) is 0 Å². The fourth-order valence-electron chi connectivity index (χ4n) is 2.89. The second-order valence-corrected chi connectivity index (χ2v) is 5.14. The molecule has 1 saturated heterocycles. The van der Waals surface area contributed by atoms with E-state index in [1.54, 1.807) is 21.3 Å². The summed E-state index contributed by atoms with van der Waals surface area (Å²) in [6, 6.07) is 4.09. The maximum Gasteiger partial charge on any atom is 0.203 e. The molecule has 0 aromatic heterocycles. The van der Waals surface area contributed by atoms with Crippen molar-refractivity contribution in [1.82, 2.24) is 5.32 Å². The zero-order chi connectivity index (χ0) is 15.2. The summed E-state index contributed by atoms with van der Waals surface area (Å²) in [5.41, 5.74) is 1.06. The van der Waals surface area contributed by atoms with Gasteiger partial charge in [-0.1, -0.05) is 0 Å². The Bertz CT molecular complexity index is 458. The van der Waals surface area contributed by atoms with Gasteiger partial charge in [-0.25, -0.2) is 0 Å². The van der Waals surface area contributed by atoms with Crippen LogP contribution in [0.25, 0.3) is 0 Å². The Morgan fingerprint density at radius 2 is 1.95 bits per heavy atom. The predicted molar refractivity (Wildman–Crippen MR) is 81.5 cm³/mol. The molecule has 0 bridgehead atoms. The number of ether oxygens (including phenoxy) is 4. The number of benzene rings is 1. The molecular weight excluding hydrogens is 270 g/mol. The van der Waals surface area contributed by atoms with Gasteiger partial charge in [-0.2, -0.15) is 0 Å². The SMILES string of the molecule is CNC(CC1CCCO1)c1ccc(OC)c(OC)c1OC. The molecule has 2 rings (SSSR count). The molecule has 2 unspecified atom stereocenters. The molecule has 1 N–H and O–H groups in total. The van der Waals surface area contributed by atoms with Crippen molar-refractivity contribution < 1.29 is 18.9 Å². The normalized spacial score (nSPS) is 19.3. The maximum absolute atomic E-state index is 5.74. The third kappa shape index (κ3) is 3.41. The van der Waals surface area contributed by atoms with E-state index in [1.807, 2.05) is 19.2 Å². The van der Waals surface area contributed by atoms with Gasteiger partial charge < -0.3 is 24.3 Å². The number of hydrogen-bond acceptors (Lipinski definition) is 5. The second-order valence-electron chi connectivity index (χ2n) is 5.14. The van der Waals surface area contributed by atoms with Crippen molar-refractivity contribution in [3.63, 3.8) is 0 Å². The van der Waals surface area contributed by atoms with Crippen LogP contribution in [-0.4, -0.2) is 41.1 Å². The Hall–Kier alpha value is -1.46. The molecule has 5 nitrogen and oxygen atoms in total. The summed E-state index contributed by atoms with van der Waals surface area (Å²) in [5.74, 6) is 2.02. The van der Waals surface area contributed by atoms with Gasteiger partial charge in [0.05, 0.1) is 27.4 Å². The Labute approximate surface area is 126 Å². The number of rotatable bonds is 7. The maximum atomic E-state index is 5.74. The Morgan fingerprint density at radius 1 is 1.19 bits per heavy atom. The van der Waals surface area contributed by atoms with Crippen LogP contribution in [-0.2, 0) is 4.74 Å². The lowest BCUT2D eigenvalue weighted by Gasteiger charge is -2.24. The van der Waals surface area contributed by atoms with Crippen LogP contribution in [0.15, 0.2) is 12.1 Å². The van der Waals surface area contributed by atoms with Crippen molar-refractivity contribution in [2.75, 3.05) is 35.0 Å². The van der Waals surface area contributed by atoms with Crippen molar-refractivity contribution in [3.05, 3.63) is 17.7 Å².